The molecule has 0 radical (unpaired) electrons. The number of aromatic amines is 1. The van der Waals surface area contributed by atoms with Gasteiger partial charge in [-0.15, -0.1) is 0 Å². The fourth-order valence-corrected chi connectivity index (χ4v) is 1.60. The van der Waals surface area contributed by atoms with Gasteiger partial charge in [-0.05, 0) is 31.8 Å². The second kappa shape index (κ2) is 3.05. The van der Waals surface area contributed by atoms with Gasteiger partial charge in [0.15, 0.2) is 0 Å². The lowest BCUT2D eigenvalue weighted by Crippen LogP contribution is -2.10. The Bertz CT molecular complexity index is 199. The largest absolute Gasteiger partial charge is 0.348 e. The molecule has 1 aromatic rings. The Hall–Kier alpha value is -0.830. The van der Waals surface area contributed by atoms with Crippen molar-refractivity contribution in [2.24, 2.45) is 5.92 Å². The van der Waals surface area contributed by atoms with Crippen LogP contribution in [0.1, 0.15) is 12.1 Å². The van der Waals surface area contributed by atoms with Gasteiger partial charge in [0.1, 0.15) is 0 Å². The summed E-state index contributed by atoms with van der Waals surface area (Å²) in [6.45, 7) is 2.35. The predicted octanol–water partition coefficient (Wildman–Crippen LogP) is 0.562. The minimum absolute atomic E-state index is 0.815. The van der Waals surface area contributed by atoms with E-state index in [9.17, 15) is 0 Å². The van der Waals surface area contributed by atoms with Crippen molar-refractivity contribution in [1.82, 2.24) is 15.3 Å². The Labute approximate surface area is 66.2 Å². The third-order valence-corrected chi connectivity index (χ3v) is 2.23. The maximum atomic E-state index is 3.99. The number of hydrogen-bond donors (Lipinski definition) is 2. The minimum Gasteiger partial charge on any atom is -0.348 e. The number of nitrogens with one attached hydrogen (secondary N) is 2. The molecule has 60 valence electrons. The Morgan fingerprint density at radius 1 is 1.64 bits per heavy atom. The molecule has 0 amide bonds. The number of imidazole rings is 1. The van der Waals surface area contributed by atoms with Crippen LogP contribution in [0.4, 0.5) is 0 Å². The van der Waals surface area contributed by atoms with E-state index in [4.69, 9.17) is 0 Å². The van der Waals surface area contributed by atoms with E-state index in [1.807, 2.05) is 6.20 Å². The van der Waals surface area contributed by atoms with Gasteiger partial charge in [-0.25, -0.2) is 4.98 Å². The van der Waals surface area contributed by atoms with Crippen LogP contribution in [0.5, 0.6) is 0 Å². The molecule has 1 aromatic heterocycles. The molecule has 1 atom stereocenters. The van der Waals surface area contributed by atoms with Crippen LogP contribution in [0, 0.1) is 5.92 Å². The summed E-state index contributed by atoms with van der Waals surface area (Å²) in [7, 11) is 0. The van der Waals surface area contributed by atoms with Crippen LogP contribution in [-0.2, 0) is 6.42 Å². The van der Waals surface area contributed by atoms with Crippen molar-refractivity contribution >= 4 is 0 Å². The molecule has 0 spiro atoms. The fraction of sp³-hybridized carbons (Fsp3) is 0.625. The van der Waals surface area contributed by atoms with Gasteiger partial charge in [-0.3, -0.25) is 0 Å². The fourth-order valence-electron chi connectivity index (χ4n) is 1.60. The van der Waals surface area contributed by atoms with Crippen molar-refractivity contribution in [3.05, 3.63) is 18.2 Å². The standard InChI is InChI=1S/C8H13N3/c1-2-9-4-7(1)3-8-5-10-6-11-8/h5-7,9H,1-4H2,(H,10,11)/t7-/m1/s1. The number of aromatic nitrogens is 2. The van der Waals surface area contributed by atoms with E-state index in [2.05, 4.69) is 15.3 Å². The second-order valence-electron chi connectivity index (χ2n) is 3.14. The molecule has 1 saturated heterocycles. The topological polar surface area (TPSA) is 40.7 Å². The lowest BCUT2D eigenvalue weighted by Gasteiger charge is -2.04. The van der Waals surface area contributed by atoms with Crippen LogP contribution < -0.4 is 5.32 Å². The van der Waals surface area contributed by atoms with Crippen molar-refractivity contribution in [2.45, 2.75) is 12.8 Å². The molecule has 11 heavy (non-hydrogen) atoms. The highest BCUT2D eigenvalue weighted by Crippen LogP contribution is 2.12. The quantitative estimate of drug-likeness (QED) is 0.648. The first-order valence-electron chi connectivity index (χ1n) is 4.13. The molecule has 2 rings (SSSR count). The monoisotopic (exact) mass is 151 g/mol. The summed E-state index contributed by atoms with van der Waals surface area (Å²) in [6, 6.07) is 0. The van der Waals surface area contributed by atoms with Crippen molar-refractivity contribution in [3.8, 4) is 0 Å². The molecule has 2 N–H and O–H groups in total. The van der Waals surface area contributed by atoms with Gasteiger partial charge in [0.05, 0.1) is 6.33 Å². The lowest BCUT2D eigenvalue weighted by atomic mass is 10.0. The maximum absolute atomic E-state index is 3.99. The number of H-pyrrole nitrogens is 1. The Kier molecular flexibility index (Phi) is 1.90. The Balaban J connectivity index is 1.90. The molecular weight excluding hydrogens is 138 g/mol. The first kappa shape index (κ1) is 6.85. The second-order valence-corrected chi connectivity index (χ2v) is 3.14. The molecule has 0 aliphatic carbocycles. The molecule has 1 fully saturated rings. The highest BCUT2D eigenvalue weighted by molar-refractivity contribution is 4.97. The summed E-state index contributed by atoms with van der Waals surface area (Å²) < 4.78 is 0. The molecule has 3 nitrogen and oxygen atoms in total. The predicted molar refractivity (Wildman–Crippen MR) is 43.3 cm³/mol. The SMILES string of the molecule is c1ncc(C[C@H]2CCNC2)[nH]1. The third kappa shape index (κ3) is 1.60. The van der Waals surface area contributed by atoms with Gasteiger partial charge in [0, 0.05) is 11.9 Å². The molecule has 3 heteroatoms. The first-order chi connectivity index (χ1) is 5.45. The van der Waals surface area contributed by atoms with E-state index in [0.29, 0.717) is 0 Å². The van der Waals surface area contributed by atoms with Crippen LogP contribution in [0.15, 0.2) is 12.5 Å². The average Bonchev–Trinajstić information content (AvgIpc) is 2.60. The van der Waals surface area contributed by atoms with Gasteiger partial charge in [0.25, 0.3) is 0 Å². The number of rotatable bonds is 2. The first-order valence-corrected chi connectivity index (χ1v) is 4.13. The molecule has 0 unspecified atom stereocenters. The van der Waals surface area contributed by atoms with E-state index >= 15 is 0 Å². The Morgan fingerprint density at radius 3 is 3.27 bits per heavy atom. The molecule has 0 bridgehead atoms. The third-order valence-electron chi connectivity index (χ3n) is 2.23. The maximum Gasteiger partial charge on any atom is 0.0921 e. The zero-order chi connectivity index (χ0) is 7.52. The van der Waals surface area contributed by atoms with Gasteiger partial charge in [0.2, 0.25) is 0 Å². The van der Waals surface area contributed by atoms with Gasteiger partial charge < -0.3 is 10.3 Å². The smallest absolute Gasteiger partial charge is 0.0921 e. The van der Waals surface area contributed by atoms with E-state index in [0.717, 1.165) is 12.3 Å². The summed E-state index contributed by atoms with van der Waals surface area (Å²) in [6.07, 6.45) is 6.11. The highest BCUT2D eigenvalue weighted by Gasteiger charge is 2.14. The van der Waals surface area contributed by atoms with Crippen molar-refractivity contribution < 1.29 is 0 Å². The molecule has 0 aromatic carbocycles. The van der Waals surface area contributed by atoms with Crippen LogP contribution in [0.25, 0.3) is 0 Å². The molecule has 0 saturated carbocycles. The van der Waals surface area contributed by atoms with Crippen molar-refractivity contribution in [1.29, 1.82) is 0 Å². The van der Waals surface area contributed by atoms with Crippen molar-refractivity contribution in [3.63, 3.8) is 0 Å². The van der Waals surface area contributed by atoms with Gasteiger partial charge >= 0.3 is 0 Å². The zero-order valence-corrected chi connectivity index (χ0v) is 6.51. The molecule has 2 heterocycles. The summed E-state index contributed by atoms with van der Waals surface area (Å²) in [4.78, 5) is 7.11. The number of nitrogens with zero attached hydrogens (tertiary/aromatic N) is 1. The minimum atomic E-state index is 0.815. The number of hydrogen-bond acceptors (Lipinski definition) is 2. The lowest BCUT2D eigenvalue weighted by molar-refractivity contribution is 0.573. The van der Waals surface area contributed by atoms with E-state index < -0.39 is 0 Å². The molecule has 1 aliphatic rings. The van der Waals surface area contributed by atoms with Crippen LogP contribution >= 0.6 is 0 Å². The van der Waals surface area contributed by atoms with Crippen LogP contribution in [0.3, 0.4) is 0 Å². The van der Waals surface area contributed by atoms with Gasteiger partial charge in [-0.2, -0.15) is 0 Å². The average molecular weight is 151 g/mol. The summed E-state index contributed by atoms with van der Waals surface area (Å²) in [5.41, 5.74) is 1.26. The summed E-state index contributed by atoms with van der Waals surface area (Å²) in [5.74, 6) is 0.815. The van der Waals surface area contributed by atoms with E-state index in [1.54, 1.807) is 6.33 Å². The summed E-state index contributed by atoms with van der Waals surface area (Å²) in [5, 5.41) is 3.35. The van der Waals surface area contributed by atoms with E-state index in [-0.39, 0.29) is 0 Å². The normalized spacial score (nSPS) is 24.2. The van der Waals surface area contributed by atoms with Gasteiger partial charge in [-0.1, -0.05) is 0 Å². The highest BCUT2D eigenvalue weighted by atomic mass is 14.9. The van der Waals surface area contributed by atoms with Crippen molar-refractivity contribution in [2.75, 3.05) is 13.1 Å². The molecule has 1 aliphatic heterocycles. The molecular formula is C8H13N3. The Morgan fingerprint density at radius 2 is 2.64 bits per heavy atom. The van der Waals surface area contributed by atoms with Crippen LogP contribution in [0.2, 0.25) is 0 Å². The van der Waals surface area contributed by atoms with Crippen LogP contribution in [-0.4, -0.2) is 23.1 Å². The van der Waals surface area contributed by atoms with E-state index in [1.165, 1.54) is 25.2 Å². The zero-order valence-electron chi connectivity index (χ0n) is 6.51. The summed E-state index contributed by atoms with van der Waals surface area (Å²) >= 11 is 0.